The van der Waals surface area contributed by atoms with Crippen molar-refractivity contribution in [3.63, 3.8) is 0 Å². The molecule has 0 aliphatic rings. The molecule has 0 aliphatic carbocycles. The van der Waals surface area contributed by atoms with Crippen LogP contribution in [0, 0.1) is 0 Å². The van der Waals surface area contributed by atoms with Crippen LogP contribution in [-0.4, -0.2) is 23.9 Å². The van der Waals surface area contributed by atoms with Gasteiger partial charge >= 0.3 is 5.97 Å². The maximum atomic E-state index is 11.8. The van der Waals surface area contributed by atoms with Crippen molar-refractivity contribution in [2.45, 2.75) is 51.2 Å². The van der Waals surface area contributed by atoms with E-state index >= 15 is 0 Å². The highest BCUT2D eigenvalue weighted by Crippen LogP contribution is 2.26. The van der Waals surface area contributed by atoms with Crippen LogP contribution in [-0.2, 0) is 16.1 Å². The summed E-state index contributed by atoms with van der Waals surface area (Å²) in [7, 11) is 0. The van der Waals surface area contributed by atoms with Crippen LogP contribution in [0.2, 0.25) is 5.02 Å². The molecule has 0 unspecified atom stereocenters. The molecule has 0 bridgehead atoms. The fraction of sp³-hybridized carbons (Fsp3) is 0.562. The number of benzene rings is 1. The molecule has 0 spiro atoms. The zero-order valence-corrected chi connectivity index (χ0v) is 14.7. The molecule has 0 saturated heterocycles. The van der Waals surface area contributed by atoms with Gasteiger partial charge in [0.2, 0.25) is 0 Å². The monoisotopic (exact) mass is 329 g/mol. The van der Waals surface area contributed by atoms with Crippen molar-refractivity contribution in [1.82, 2.24) is 5.32 Å². The van der Waals surface area contributed by atoms with Crippen molar-refractivity contribution in [3.8, 4) is 0 Å². The second-order valence-electron chi connectivity index (χ2n) is 5.80. The summed E-state index contributed by atoms with van der Waals surface area (Å²) in [6, 6.07) is 5.75. The Bertz CT molecular complexity index is 472. The van der Waals surface area contributed by atoms with Crippen LogP contribution in [0.4, 0.5) is 0 Å². The third-order valence-corrected chi connectivity index (χ3v) is 3.85. The van der Waals surface area contributed by atoms with Crippen molar-refractivity contribution >= 4 is 29.3 Å². The molecular formula is C16H24ClNO2S. The number of ether oxygens (including phenoxy) is 1. The van der Waals surface area contributed by atoms with Gasteiger partial charge in [-0.15, -0.1) is 11.8 Å². The molecule has 3 nitrogen and oxygen atoms in total. The van der Waals surface area contributed by atoms with Crippen LogP contribution in [0.1, 0.15) is 39.7 Å². The van der Waals surface area contributed by atoms with E-state index < -0.39 is 5.60 Å². The van der Waals surface area contributed by atoms with Crippen LogP contribution < -0.4 is 5.32 Å². The molecule has 118 valence electrons. The Morgan fingerprint density at radius 2 is 2.10 bits per heavy atom. The van der Waals surface area contributed by atoms with Crippen molar-refractivity contribution in [2.24, 2.45) is 0 Å². The van der Waals surface area contributed by atoms with E-state index in [9.17, 15) is 4.79 Å². The first-order valence-corrected chi connectivity index (χ1v) is 8.52. The van der Waals surface area contributed by atoms with E-state index in [-0.39, 0.29) is 5.97 Å². The Kier molecular flexibility index (Phi) is 7.57. The Balaban J connectivity index is 2.63. The van der Waals surface area contributed by atoms with Crippen LogP contribution >= 0.6 is 23.4 Å². The molecule has 1 aromatic carbocycles. The number of esters is 1. The van der Waals surface area contributed by atoms with E-state index in [0.717, 1.165) is 30.0 Å². The van der Waals surface area contributed by atoms with Gasteiger partial charge in [-0.3, -0.25) is 4.79 Å². The summed E-state index contributed by atoms with van der Waals surface area (Å²) < 4.78 is 5.32. The maximum Gasteiger partial charge on any atom is 0.316 e. The number of thioether (sulfide) groups is 1. The van der Waals surface area contributed by atoms with Gasteiger partial charge in [0.05, 0.1) is 5.75 Å². The number of rotatable bonds is 7. The fourth-order valence-electron chi connectivity index (χ4n) is 1.73. The van der Waals surface area contributed by atoms with Gasteiger partial charge in [-0.1, -0.05) is 18.5 Å². The summed E-state index contributed by atoms with van der Waals surface area (Å²) >= 11 is 7.54. The lowest BCUT2D eigenvalue weighted by Crippen LogP contribution is -2.25. The lowest BCUT2D eigenvalue weighted by Gasteiger charge is -2.19. The molecule has 0 atom stereocenters. The summed E-state index contributed by atoms with van der Waals surface area (Å²) in [6.07, 6.45) is 1.08. The van der Waals surface area contributed by atoms with Crippen molar-refractivity contribution < 1.29 is 9.53 Å². The summed E-state index contributed by atoms with van der Waals surface area (Å²) in [4.78, 5) is 12.8. The van der Waals surface area contributed by atoms with Gasteiger partial charge in [-0.05, 0) is 57.5 Å². The van der Waals surface area contributed by atoms with Crippen molar-refractivity contribution in [1.29, 1.82) is 0 Å². The minimum atomic E-state index is -0.441. The molecule has 21 heavy (non-hydrogen) atoms. The minimum Gasteiger partial charge on any atom is -0.459 e. The molecule has 0 aromatic heterocycles. The highest BCUT2D eigenvalue weighted by atomic mass is 35.5. The number of nitrogens with one attached hydrogen (secondary N) is 1. The molecule has 1 N–H and O–H groups in total. The average molecular weight is 330 g/mol. The highest BCUT2D eigenvalue weighted by molar-refractivity contribution is 8.00. The predicted molar refractivity (Wildman–Crippen MR) is 90.0 cm³/mol. The number of hydrogen-bond acceptors (Lipinski definition) is 4. The summed E-state index contributed by atoms with van der Waals surface area (Å²) in [5.41, 5.74) is 0.674. The van der Waals surface area contributed by atoms with Gasteiger partial charge in [-0.2, -0.15) is 0 Å². The normalized spacial score (nSPS) is 11.5. The minimum absolute atomic E-state index is 0.199. The standard InChI is InChI=1S/C16H24ClNO2S/c1-5-8-18-10-12-9-13(17)6-7-14(12)21-11-15(19)20-16(2,3)4/h6-7,9,18H,5,8,10-11H2,1-4H3. The zero-order chi connectivity index (χ0) is 15.9. The van der Waals surface area contributed by atoms with E-state index in [4.69, 9.17) is 16.3 Å². The topological polar surface area (TPSA) is 38.3 Å². The molecule has 1 aromatic rings. The first-order chi connectivity index (χ1) is 9.81. The molecule has 0 saturated carbocycles. The Morgan fingerprint density at radius 1 is 1.38 bits per heavy atom. The summed E-state index contributed by atoms with van der Waals surface area (Å²) in [5, 5.41) is 4.07. The van der Waals surface area contributed by atoms with Gasteiger partial charge in [0.25, 0.3) is 0 Å². The van der Waals surface area contributed by atoms with E-state index in [1.54, 1.807) is 0 Å². The molecular weight excluding hydrogens is 306 g/mol. The Morgan fingerprint density at radius 3 is 2.71 bits per heavy atom. The molecule has 0 radical (unpaired) electrons. The quantitative estimate of drug-likeness (QED) is 0.460. The van der Waals surface area contributed by atoms with Crippen LogP contribution in [0.5, 0.6) is 0 Å². The fourth-order valence-corrected chi connectivity index (χ4v) is 2.74. The second-order valence-corrected chi connectivity index (χ2v) is 7.26. The lowest BCUT2D eigenvalue weighted by molar-refractivity contribution is -0.151. The molecule has 0 fully saturated rings. The maximum absolute atomic E-state index is 11.8. The van der Waals surface area contributed by atoms with Gasteiger partial charge in [0.1, 0.15) is 5.60 Å². The van der Waals surface area contributed by atoms with E-state index in [1.807, 2.05) is 39.0 Å². The number of hydrogen-bond donors (Lipinski definition) is 1. The molecule has 5 heteroatoms. The third kappa shape index (κ3) is 7.74. The first-order valence-electron chi connectivity index (χ1n) is 7.15. The summed E-state index contributed by atoms with van der Waals surface area (Å²) in [6.45, 7) is 9.46. The predicted octanol–water partition coefficient (Wildman–Crippen LogP) is 4.27. The van der Waals surface area contributed by atoms with Gasteiger partial charge < -0.3 is 10.1 Å². The van der Waals surface area contributed by atoms with Gasteiger partial charge in [0, 0.05) is 16.5 Å². The smallest absolute Gasteiger partial charge is 0.316 e. The highest BCUT2D eigenvalue weighted by Gasteiger charge is 2.16. The van der Waals surface area contributed by atoms with Crippen molar-refractivity contribution in [2.75, 3.05) is 12.3 Å². The number of carbonyl (C=O) groups excluding carboxylic acids is 1. The van der Waals surface area contributed by atoms with E-state index in [0.29, 0.717) is 10.8 Å². The van der Waals surface area contributed by atoms with Crippen molar-refractivity contribution in [3.05, 3.63) is 28.8 Å². The van der Waals surface area contributed by atoms with Crippen LogP contribution in [0.15, 0.2) is 23.1 Å². The summed E-state index contributed by atoms with van der Waals surface area (Å²) in [5.74, 6) is 0.106. The zero-order valence-electron chi connectivity index (χ0n) is 13.2. The molecule has 0 heterocycles. The molecule has 1 rings (SSSR count). The Labute approximate surface area is 136 Å². The largest absolute Gasteiger partial charge is 0.459 e. The lowest BCUT2D eigenvalue weighted by atomic mass is 10.2. The van der Waals surface area contributed by atoms with Gasteiger partial charge in [-0.25, -0.2) is 0 Å². The van der Waals surface area contributed by atoms with E-state index in [2.05, 4.69) is 12.2 Å². The SMILES string of the molecule is CCCNCc1cc(Cl)ccc1SCC(=O)OC(C)(C)C. The second kappa shape index (κ2) is 8.66. The number of carbonyl (C=O) groups is 1. The molecule has 0 aliphatic heterocycles. The van der Waals surface area contributed by atoms with Gasteiger partial charge in [0.15, 0.2) is 0 Å². The first kappa shape index (κ1) is 18.3. The Hall–Kier alpha value is -0.710. The van der Waals surface area contributed by atoms with Crippen LogP contribution in [0.25, 0.3) is 0 Å². The van der Waals surface area contributed by atoms with E-state index in [1.165, 1.54) is 11.8 Å². The van der Waals surface area contributed by atoms with Crippen LogP contribution in [0.3, 0.4) is 0 Å². The molecule has 0 amide bonds. The third-order valence-electron chi connectivity index (χ3n) is 2.53. The number of halogens is 1. The average Bonchev–Trinajstić information content (AvgIpc) is 2.36.